The summed E-state index contributed by atoms with van der Waals surface area (Å²) in [5.74, 6) is -0.176. The number of primary sulfonamides is 1. The Morgan fingerprint density at radius 1 is 1.28 bits per heavy atom. The van der Waals surface area contributed by atoms with Gasteiger partial charge in [0.1, 0.15) is 4.90 Å². The van der Waals surface area contributed by atoms with Crippen LogP contribution in [0.4, 0.5) is 0 Å². The van der Waals surface area contributed by atoms with Crippen LogP contribution in [0.1, 0.15) is 35.7 Å². The summed E-state index contributed by atoms with van der Waals surface area (Å²) < 4.78 is 22.9. The molecule has 1 aromatic carbocycles. The van der Waals surface area contributed by atoms with Gasteiger partial charge in [0.05, 0.1) is 10.8 Å². The number of unbranched alkanes of at least 4 members (excludes halogenated alkanes) is 1. The maximum atomic E-state index is 12.3. The van der Waals surface area contributed by atoms with Gasteiger partial charge >= 0.3 is 0 Å². The highest BCUT2D eigenvalue weighted by Gasteiger charge is 2.16. The summed E-state index contributed by atoms with van der Waals surface area (Å²) in [4.78, 5) is 20.5. The zero-order valence-corrected chi connectivity index (χ0v) is 16.0. The molecule has 0 aliphatic heterocycles. The molecule has 0 aliphatic rings. The van der Waals surface area contributed by atoms with Gasteiger partial charge in [-0.25, -0.2) is 23.5 Å². The van der Waals surface area contributed by atoms with Crippen molar-refractivity contribution in [2.75, 3.05) is 5.75 Å². The molecule has 0 aliphatic carbocycles. The van der Waals surface area contributed by atoms with Gasteiger partial charge in [-0.2, -0.15) is 0 Å². The molecule has 25 heavy (non-hydrogen) atoms. The van der Waals surface area contributed by atoms with Crippen molar-refractivity contribution in [3.8, 4) is 0 Å². The number of aryl methyl sites for hydroxylation is 1. The van der Waals surface area contributed by atoms with Gasteiger partial charge in [0, 0.05) is 18.0 Å². The Hall–Kier alpha value is -1.48. The monoisotopic (exact) mass is 399 g/mol. The van der Waals surface area contributed by atoms with Gasteiger partial charge in [0.2, 0.25) is 10.0 Å². The van der Waals surface area contributed by atoms with E-state index in [1.54, 1.807) is 12.4 Å². The van der Waals surface area contributed by atoms with E-state index in [2.05, 4.69) is 16.9 Å². The van der Waals surface area contributed by atoms with E-state index in [0.29, 0.717) is 5.16 Å². The van der Waals surface area contributed by atoms with E-state index in [0.717, 1.165) is 24.8 Å². The Labute approximate surface area is 156 Å². The minimum atomic E-state index is -3.98. The Balaban J connectivity index is 2.03. The molecule has 0 amide bonds. The fourth-order valence-electron chi connectivity index (χ4n) is 2.04. The average Bonchev–Trinajstić information content (AvgIpc) is 2.58. The number of nitrogens with two attached hydrogens (primary N) is 1. The van der Waals surface area contributed by atoms with Crippen LogP contribution in [-0.4, -0.2) is 29.9 Å². The first-order valence-electron chi connectivity index (χ1n) is 7.60. The lowest BCUT2D eigenvalue weighted by Crippen LogP contribution is -2.14. The number of hydrogen-bond donors (Lipinski definition) is 1. The predicted octanol–water partition coefficient (Wildman–Crippen LogP) is 3.10. The molecule has 0 spiro atoms. The van der Waals surface area contributed by atoms with Crippen LogP contribution in [0.3, 0.4) is 0 Å². The molecule has 0 bridgehead atoms. The average molecular weight is 400 g/mol. The molecule has 0 saturated carbocycles. The van der Waals surface area contributed by atoms with E-state index in [1.165, 1.54) is 30.0 Å². The molecule has 1 aromatic heterocycles. The lowest BCUT2D eigenvalue weighted by atomic mass is 10.1. The van der Waals surface area contributed by atoms with Crippen LogP contribution < -0.4 is 5.14 Å². The lowest BCUT2D eigenvalue weighted by molar-refractivity contribution is 0.102. The molecule has 0 radical (unpaired) electrons. The van der Waals surface area contributed by atoms with Crippen molar-refractivity contribution in [3.05, 3.63) is 46.7 Å². The number of sulfonamides is 1. The largest absolute Gasteiger partial charge is 0.293 e. The number of Topliss-reactive ketones (excluding diaryl/α,β-unsaturated/α-hetero) is 1. The second-order valence-corrected chi connectivity index (χ2v) is 8.26. The van der Waals surface area contributed by atoms with Crippen molar-refractivity contribution < 1.29 is 13.2 Å². The summed E-state index contributed by atoms with van der Waals surface area (Å²) in [6, 6.07) is 4.00. The molecule has 2 rings (SSSR count). The summed E-state index contributed by atoms with van der Waals surface area (Å²) in [7, 11) is -3.98. The van der Waals surface area contributed by atoms with E-state index in [9.17, 15) is 13.2 Å². The Bertz CT molecular complexity index is 855. The summed E-state index contributed by atoms with van der Waals surface area (Å²) in [6.07, 6.45) is 6.64. The molecule has 0 saturated heterocycles. The van der Waals surface area contributed by atoms with E-state index >= 15 is 0 Å². The summed E-state index contributed by atoms with van der Waals surface area (Å²) in [5, 5.41) is 5.57. The SMILES string of the molecule is CCCCc1cnc(SCC(=O)c2ccc(Cl)c(S(N)(=O)=O)c2)nc1. The number of hydrogen-bond acceptors (Lipinski definition) is 6. The third-order valence-electron chi connectivity index (χ3n) is 3.39. The van der Waals surface area contributed by atoms with Gasteiger partial charge in [-0.3, -0.25) is 4.79 Å². The Kier molecular flexibility index (Phi) is 6.95. The lowest BCUT2D eigenvalue weighted by Gasteiger charge is -2.05. The number of nitrogens with zero attached hydrogens (tertiary/aromatic N) is 2. The van der Waals surface area contributed by atoms with Crippen molar-refractivity contribution in [1.29, 1.82) is 0 Å². The fraction of sp³-hybridized carbons (Fsp3) is 0.312. The molecule has 6 nitrogen and oxygen atoms in total. The number of carbonyl (C=O) groups excluding carboxylic acids is 1. The van der Waals surface area contributed by atoms with Gasteiger partial charge < -0.3 is 0 Å². The highest BCUT2D eigenvalue weighted by atomic mass is 35.5. The van der Waals surface area contributed by atoms with E-state index in [1.807, 2.05) is 0 Å². The highest BCUT2D eigenvalue weighted by Crippen LogP contribution is 2.23. The van der Waals surface area contributed by atoms with E-state index in [-0.39, 0.29) is 27.0 Å². The number of thioether (sulfide) groups is 1. The van der Waals surface area contributed by atoms with Crippen LogP contribution in [0.15, 0.2) is 40.6 Å². The maximum absolute atomic E-state index is 12.3. The van der Waals surface area contributed by atoms with Gasteiger partial charge in [0.25, 0.3) is 0 Å². The van der Waals surface area contributed by atoms with Crippen LogP contribution in [0, 0.1) is 0 Å². The van der Waals surface area contributed by atoms with E-state index < -0.39 is 10.0 Å². The third-order valence-corrected chi connectivity index (χ3v) is 5.66. The molecular formula is C16H18ClN3O3S2. The van der Waals surface area contributed by atoms with Crippen molar-refractivity contribution in [2.24, 2.45) is 5.14 Å². The molecule has 1 heterocycles. The van der Waals surface area contributed by atoms with Crippen molar-refractivity contribution in [2.45, 2.75) is 36.2 Å². The quantitative estimate of drug-likeness (QED) is 0.415. The second-order valence-electron chi connectivity index (χ2n) is 5.38. The van der Waals surface area contributed by atoms with Crippen LogP contribution in [0.25, 0.3) is 0 Å². The fourth-order valence-corrected chi connectivity index (χ4v) is 3.79. The molecule has 0 fully saturated rings. The van der Waals surface area contributed by atoms with Gasteiger partial charge in [-0.05, 0) is 36.6 Å². The summed E-state index contributed by atoms with van der Waals surface area (Å²) >= 11 is 7.00. The van der Waals surface area contributed by atoms with Crippen LogP contribution in [-0.2, 0) is 16.4 Å². The number of halogens is 1. The van der Waals surface area contributed by atoms with Crippen LogP contribution in [0.5, 0.6) is 0 Å². The molecule has 134 valence electrons. The first-order chi connectivity index (χ1) is 11.8. The summed E-state index contributed by atoms with van der Waals surface area (Å²) in [5.41, 5.74) is 1.29. The molecular weight excluding hydrogens is 382 g/mol. The number of aromatic nitrogens is 2. The minimum Gasteiger partial charge on any atom is -0.293 e. The second kappa shape index (κ2) is 8.75. The number of ketones is 1. The zero-order valence-electron chi connectivity index (χ0n) is 13.6. The topological polar surface area (TPSA) is 103 Å². The highest BCUT2D eigenvalue weighted by molar-refractivity contribution is 7.99. The molecule has 0 unspecified atom stereocenters. The molecule has 0 atom stereocenters. The van der Waals surface area contributed by atoms with Gasteiger partial charge in [-0.15, -0.1) is 0 Å². The van der Waals surface area contributed by atoms with Crippen LogP contribution >= 0.6 is 23.4 Å². The van der Waals surface area contributed by atoms with Gasteiger partial charge in [0.15, 0.2) is 10.9 Å². The number of benzene rings is 1. The normalized spacial score (nSPS) is 11.5. The predicted molar refractivity (Wildman–Crippen MR) is 98.5 cm³/mol. The first-order valence-corrected chi connectivity index (χ1v) is 10.5. The van der Waals surface area contributed by atoms with Crippen molar-refractivity contribution in [3.63, 3.8) is 0 Å². The van der Waals surface area contributed by atoms with Crippen molar-refractivity contribution >= 4 is 39.2 Å². The standard InChI is InChI=1S/C16H18ClN3O3S2/c1-2-3-4-11-8-19-16(20-9-11)24-10-14(21)12-5-6-13(17)15(7-12)25(18,22)23/h5-9H,2-4,10H2,1H3,(H2,18,22,23). The molecule has 2 N–H and O–H groups in total. The smallest absolute Gasteiger partial charge is 0.239 e. The minimum absolute atomic E-state index is 0.0160. The van der Waals surface area contributed by atoms with Crippen LogP contribution in [0.2, 0.25) is 5.02 Å². The number of carbonyl (C=O) groups is 1. The van der Waals surface area contributed by atoms with E-state index in [4.69, 9.17) is 16.7 Å². The first kappa shape index (κ1) is 19.8. The number of rotatable bonds is 8. The van der Waals surface area contributed by atoms with Gasteiger partial charge in [-0.1, -0.05) is 36.7 Å². The molecule has 9 heteroatoms. The summed E-state index contributed by atoms with van der Waals surface area (Å²) in [6.45, 7) is 2.12. The Morgan fingerprint density at radius 3 is 2.56 bits per heavy atom. The molecule has 2 aromatic rings. The zero-order chi connectivity index (χ0) is 18.4. The maximum Gasteiger partial charge on any atom is 0.239 e. The third kappa shape index (κ3) is 5.78. The van der Waals surface area contributed by atoms with Crippen molar-refractivity contribution in [1.82, 2.24) is 9.97 Å². The Morgan fingerprint density at radius 2 is 1.96 bits per heavy atom.